The first-order chi connectivity index (χ1) is 9.02. The van der Waals surface area contributed by atoms with Crippen molar-refractivity contribution in [1.82, 2.24) is 14.5 Å². The maximum atomic E-state index is 10.5. The number of nitro groups is 1. The van der Waals surface area contributed by atoms with Crippen LogP contribution in [0.15, 0.2) is 26.8 Å². The Morgan fingerprint density at radius 3 is 2.95 bits per heavy atom. The summed E-state index contributed by atoms with van der Waals surface area (Å²) in [6, 6.07) is 2.72. The van der Waals surface area contributed by atoms with Crippen molar-refractivity contribution < 1.29 is 9.34 Å². The van der Waals surface area contributed by atoms with E-state index in [1.165, 1.54) is 39.5 Å². The minimum absolute atomic E-state index is 0.268. The monoisotopic (exact) mass is 299 g/mol. The van der Waals surface area contributed by atoms with Gasteiger partial charge in [-0.3, -0.25) is 10.1 Å². The molecule has 0 amide bonds. The van der Waals surface area contributed by atoms with E-state index in [4.69, 9.17) is 16.6 Å². The van der Waals surface area contributed by atoms with E-state index in [0.717, 1.165) is 0 Å². The molecule has 0 aliphatic rings. The summed E-state index contributed by atoms with van der Waals surface area (Å²) in [5.41, 5.74) is 0. The summed E-state index contributed by atoms with van der Waals surface area (Å²) in [5.74, 6) is -0.0640. The van der Waals surface area contributed by atoms with E-state index in [1.54, 1.807) is 7.05 Å². The van der Waals surface area contributed by atoms with Gasteiger partial charge in [0.1, 0.15) is 4.92 Å². The highest BCUT2D eigenvalue weighted by molar-refractivity contribution is 7.98. The summed E-state index contributed by atoms with van der Waals surface area (Å²) < 4.78 is 8.35. The van der Waals surface area contributed by atoms with Crippen molar-refractivity contribution in [2.24, 2.45) is 12.1 Å². The summed E-state index contributed by atoms with van der Waals surface area (Å²) in [6.45, 7) is 0. The van der Waals surface area contributed by atoms with Crippen molar-refractivity contribution in [3.05, 3.63) is 32.8 Å². The Morgan fingerprint density at radius 2 is 2.37 bits per heavy atom. The summed E-state index contributed by atoms with van der Waals surface area (Å²) in [6.07, 6.45) is 3.20. The van der Waals surface area contributed by atoms with Gasteiger partial charge in [0.2, 0.25) is 9.93 Å². The fourth-order valence-corrected chi connectivity index (χ4v) is 2.03. The van der Waals surface area contributed by atoms with Crippen molar-refractivity contribution >= 4 is 36.1 Å². The van der Waals surface area contributed by atoms with E-state index in [0.29, 0.717) is 9.93 Å². The van der Waals surface area contributed by atoms with Gasteiger partial charge < -0.3 is 4.42 Å². The number of aryl methyl sites for hydroxylation is 1. The van der Waals surface area contributed by atoms with E-state index in [1.807, 2.05) is 6.26 Å². The summed E-state index contributed by atoms with van der Waals surface area (Å²) >= 11 is 6.53. The topological polar surface area (TPSA) is 91.4 Å². The quantitative estimate of drug-likeness (QED) is 0.282. The molecule has 10 heteroatoms. The van der Waals surface area contributed by atoms with Gasteiger partial charge in [-0.05, 0) is 24.5 Å². The van der Waals surface area contributed by atoms with Gasteiger partial charge >= 0.3 is 5.88 Å². The van der Waals surface area contributed by atoms with E-state index in [2.05, 4.69) is 10.2 Å². The molecule has 0 unspecified atom stereocenters. The zero-order chi connectivity index (χ0) is 14.0. The molecule has 0 fully saturated rings. The average Bonchev–Trinajstić information content (AvgIpc) is 2.94. The molecule has 0 N–H and O–H groups in total. The van der Waals surface area contributed by atoms with Gasteiger partial charge in [0.05, 0.1) is 12.3 Å². The zero-order valence-corrected chi connectivity index (χ0v) is 11.6. The van der Waals surface area contributed by atoms with Crippen molar-refractivity contribution in [3.63, 3.8) is 0 Å². The predicted octanol–water partition coefficient (Wildman–Crippen LogP) is 2.06. The van der Waals surface area contributed by atoms with Crippen LogP contribution in [0.3, 0.4) is 0 Å². The van der Waals surface area contributed by atoms with Crippen molar-refractivity contribution in [2.75, 3.05) is 6.26 Å². The summed E-state index contributed by atoms with van der Waals surface area (Å²) in [4.78, 5) is 9.86. The number of hydrogen-bond donors (Lipinski definition) is 0. The smallest absolute Gasteiger partial charge is 0.400 e. The lowest BCUT2D eigenvalue weighted by molar-refractivity contribution is -0.402. The molecule has 8 nitrogen and oxygen atoms in total. The van der Waals surface area contributed by atoms with Crippen molar-refractivity contribution in [3.8, 4) is 0 Å². The molecule has 0 aromatic carbocycles. The first kappa shape index (κ1) is 13.5. The highest BCUT2D eigenvalue weighted by atomic mass is 32.2. The molecule has 0 saturated carbocycles. The third kappa shape index (κ3) is 2.74. The molecule has 2 heterocycles. The molecule has 0 aliphatic heterocycles. The van der Waals surface area contributed by atoms with Crippen molar-refractivity contribution in [1.29, 1.82) is 0 Å². The Kier molecular flexibility index (Phi) is 3.81. The fraction of sp³-hybridized carbons (Fsp3) is 0.222. The standard InChI is InChI=1S/C9H9N5O3S2/c1-12-9(18)13(8(11-12)19-2)10-5-6-3-4-7(17-6)14(15)16/h3-5H,1-2H3/b10-5+. The maximum Gasteiger partial charge on any atom is 0.433 e. The van der Waals surface area contributed by atoms with Gasteiger partial charge in [-0.15, -0.1) is 5.10 Å². The lowest BCUT2D eigenvalue weighted by Crippen LogP contribution is -1.93. The van der Waals surface area contributed by atoms with E-state index in [9.17, 15) is 10.1 Å². The van der Waals surface area contributed by atoms with Crippen LogP contribution in [0, 0.1) is 14.9 Å². The molecule has 2 rings (SSSR count). The number of furan rings is 1. The van der Waals surface area contributed by atoms with Gasteiger partial charge in [-0.2, -0.15) is 9.78 Å². The summed E-state index contributed by atoms with van der Waals surface area (Å²) in [7, 11) is 1.71. The van der Waals surface area contributed by atoms with Gasteiger partial charge in [0.15, 0.2) is 5.76 Å². The maximum absolute atomic E-state index is 10.5. The third-order valence-electron chi connectivity index (χ3n) is 2.15. The van der Waals surface area contributed by atoms with Crippen LogP contribution < -0.4 is 0 Å². The highest BCUT2D eigenvalue weighted by Crippen LogP contribution is 2.15. The van der Waals surface area contributed by atoms with Crippen LogP contribution in [0.5, 0.6) is 0 Å². The van der Waals surface area contributed by atoms with Gasteiger partial charge in [-0.25, -0.2) is 4.68 Å². The second-order valence-electron chi connectivity index (χ2n) is 3.38. The lowest BCUT2D eigenvalue weighted by atomic mass is 10.5. The van der Waals surface area contributed by atoms with Gasteiger partial charge in [0, 0.05) is 7.05 Å². The zero-order valence-electron chi connectivity index (χ0n) is 10.0. The van der Waals surface area contributed by atoms with E-state index < -0.39 is 4.92 Å². The first-order valence-electron chi connectivity index (χ1n) is 5.01. The molecule has 0 radical (unpaired) electrons. The molecule has 0 bridgehead atoms. The Labute approximate surface area is 116 Å². The second kappa shape index (κ2) is 5.36. The Bertz CT molecular complexity index is 699. The molecule has 0 atom stereocenters. The lowest BCUT2D eigenvalue weighted by Gasteiger charge is -1.94. The SMILES string of the molecule is CSc1nn(C)c(=S)n1/N=C/c1ccc([N+](=O)[O-])o1. The first-order valence-corrected chi connectivity index (χ1v) is 6.65. The van der Waals surface area contributed by atoms with Gasteiger partial charge in [0.25, 0.3) is 0 Å². The number of aromatic nitrogens is 3. The van der Waals surface area contributed by atoms with Gasteiger partial charge in [-0.1, -0.05) is 11.8 Å². The predicted molar refractivity (Wildman–Crippen MR) is 72.2 cm³/mol. The molecule has 2 aromatic rings. The highest BCUT2D eigenvalue weighted by Gasteiger charge is 2.11. The number of nitrogens with zero attached hydrogens (tertiary/aromatic N) is 5. The summed E-state index contributed by atoms with van der Waals surface area (Å²) in [5, 5.41) is 19.4. The molecular formula is C9H9N5O3S2. The largest absolute Gasteiger partial charge is 0.433 e. The van der Waals surface area contributed by atoms with Crippen LogP contribution >= 0.6 is 24.0 Å². The Morgan fingerprint density at radius 1 is 1.63 bits per heavy atom. The van der Waals surface area contributed by atoms with Crippen LogP contribution in [0.1, 0.15) is 5.76 Å². The second-order valence-corrected chi connectivity index (χ2v) is 4.52. The van der Waals surface area contributed by atoms with E-state index >= 15 is 0 Å². The van der Waals surface area contributed by atoms with Crippen molar-refractivity contribution in [2.45, 2.75) is 5.16 Å². The number of thioether (sulfide) groups is 1. The molecule has 19 heavy (non-hydrogen) atoms. The fourth-order valence-electron chi connectivity index (χ4n) is 1.28. The molecule has 0 spiro atoms. The van der Waals surface area contributed by atoms with E-state index in [-0.39, 0.29) is 11.6 Å². The Hall–Kier alpha value is -1.94. The molecule has 0 aliphatic carbocycles. The molecule has 100 valence electrons. The Balaban J connectivity index is 2.32. The molecule has 2 aromatic heterocycles. The molecule has 0 saturated heterocycles. The van der Waals surface area contributed by atoms with Crippen LogP contribution in [0.25, 0.3) is 0 Å². The normalized spacial score (nSPS) is 11.3. The number of rotatable bonds is 4. The number of hydrogen-bond acceptors (Lipinski definition) is 7. The van der Waals surface area contributed by atoms with Crippen LogP contribution in [0.2, 0.25) is 0 Å². The van der Waals surface area contributed by atoms with Crippen LogP contribution in [0.4, 0.5) is 5.88 Å². The van der Waals surface area contributed by atoms with Crippen LogP contribution in [-0.2, 0) is 7.05 Å². The average molecular weight is 299 g/mol. The third-order valence-corrected chi connectivity index (χ3v) is 3.21. The minimum Gasteiger partial charge on any atom is -0.400 e. The minimum atomic E-state index is -0.611. The molecular weight excluding hydrogens is 290 g/mol. The van der Waals surface area contributed by atoms with Crippen LogP contribution in [-0.4, -0.2) is 31.9 Å².